The van der Waals surface area contributed by atoms with E-state index in [2.05, 4.69) is 25.7 Å². The number of allylic oxidation sites excluding steroid dienone is 2. The van der Waals surface area contributed by atoms with Crippen molar-refractivity contribution < 1.29 is 14.6 Å². The van der Waals surface area contributed by atoms with Crippen LogP contribution in [0.1, 0.15) is 47.5 Å². The summed E-state index contributed by atoms with van der Waals surface area (Å²) in [5, 5.41) is 9.84. The fourth-order valence-electron chi connectivity index (χ4n) is 2.57. The largest absolute Gasteiger partial charge is 0.462 e. The number of aliphatic hydroxyl groups excluding tert-OH is 1. The molecule has 0 aliphatic heterocycles. The Labute approximate surface area is 121 Å². The Kier molecular flexibility index (Phi) is 5.59. The minimum atomic E-state index is -0.289. The Morgan fingerprint density at radius 1 is 1.50 bits per heavy atom. The summed E-state index contributed by atoms with van der Waals surface area (Å²) in [7, 11) is 0. The first-order chi connectivity index (χ1) is 9.22. The number of hydrogen-bond donors (Lipinski definition) is 1. The zero-order valence-electron chi connectivity index (χ0n) is 13.0. The second kappa shape index (κ2) is 6.76. The molecule has 0 aromatic carbocycles. The highest BCUT2D eigenvalue weighted by Crippen LogP contribution is 2.39. The number of esters is 1. The quantitative estimate of drug-likeness (QED) is 0.623. The molecule has 0 heterocycles. The molecule has 0 amide bonds. The second-order valence-electron chi connectivity index (χ2n) is 6.04. The van der Waals surface area contributed by atoms with Crippen LogP contribution in [0.25, 0.3) is 0 Å². The van der Waals surface area contributed by atoms with Crippen LogP contribution in [0.15, 0.2) is 22.8 Å². The summed E-state index contributed by atoms with van der Waals surface area (Å²) >= 11 is 0. The van der Waals surface area contributed by atoms with Gasteiger partial charge in [0.1, 0.15) is 6.61 Å². The molecule has 3 heteroatoms. The third kappa shape index (κ3) is 4.86. The van der Waals surface area contributed by atoms with Crippen LogP contribution in [-0.2, 0) is 9.53 Å². The molecule has 0 saturated carbocycles. The van der Waals surface area contributed by atoms with E-state index in [0.29, 0.717) is 6.42 Å². The van der Waals surface area contributed by atoms with Crippen LogP contribution in [0.2, 0.25) is 0 Å². The number of carbonyl (C=O) groups is 1. The van der Waals surface area contributed by atoms with Crippen LogP contribution in [0.4, 0.5) is 0 Å². The van der Waals surface area contributed by atoms with E-state index in [-0.39, 0.29) is 24.1 Å². The fraction of sp³-hybridized carbons (Fsp3) is 0.588. The van der Waals surface area contributed by atoms with Gasteiger partial charge in [0.2, 0.25) is 0 Å². The monoisotopic (exact) mass is 276 g/mol. The van der Waals surface area contributed by atoms with Gasteiger partial charge in [-0.15, -0.1) is 0 Å². The van der Waals surface area contributed by atoms with Crippen molar-refractivity contribution in [1.82, 2.24) is 0 Å². The lowest BCUT2D eigenvalue weighted by molar-refractivity contribution is -0.139. The highest BCUT2D eigenvalue weighted by Gasteiger charge is 2.31. The molecule has 20 heavy (non-hydrogen) atoms. The molecule has 1 aliphatic carbocycles. The van der Waals surface area contributed by atoms with Crippen LogP contribution < -0.4 is 0 Å². The molecule has 0 saturated heterocycles. The van der Waals surface area contributed by atoms with E-state index in [0.717, 1.165) is 23.1 Å². The van der Waals surface area contributed by atoms with Crippen molar-refractivity contribution in [3.8, 4) is 11.8 Å². The molecule has 0 aromatic rings. The molecule has 1 N–H and O–H groups in total. The standard InChI is InChI=1S/C17H24O3/c1-12(8-9-20-14(3)18)6-7-16-13(2)10-15(19)11-17(16,4)5/h8,15,19H,9-11H2,1-5H3/b12-8+. The minimum Gasteiger partial charge on any atom is -0.462 e. The molecule has 0 spiro atoms. The van der Waals surface area contributed by atoms with Crippen LogP contribution in [0.5, 0.6) is 0 Å². The number of rotatable bonds is 2. The van der Waals surface area contributed by atoms with Crippen LogP contribution in [0.3, 0.4) is 0 Å². The minimum absolute atomic E-state index is 0.0923. The zero-order valence-corrected chi connectivity index (χ0v) is 13.0. The number of ether oxygens (including phenoxy) is 1. The van der Waals surface area contributed by atoms with Gasteiger partial charge in [-0.3, -0.25) is 4.79 Å². The van der Waals surface area contributed by atoms with Crippen molar-refractivity contribution in [3.05, 3.63) is 22.8 Å². The number of carbonyl (C=O) groups excluding carboxylic acids is 1. The van der Waals surface area contributed by atoms with Gasteiger partial charge in [-0.25, -0.2) is 0 Å². The summed E-state index contributed by atoms with van der Waals surface area (Å²) in [5.74, 6) is 6.05. The SMILES string of the molecule is CC(=O)OC/C=C(\C)C#CC1=C(C)CC(O)CC1(C)C. The van der Waals surface area contributed by atoms with Crippen LogP contribution in [-0.4, -0.2) is 23.8 Å². The molecular formula is C17H24O3. The van der Waals surface area contributed by atoms with E-state index >= 15 is 0 Å². The number of hydrogen-bond acceptors (Lipinski definition) is 3. The fourth-order valence-corrected chi connectivity index (χ4v) is 2.57. The summed E-state index contributed by atoms with van der Waals surface area (Å²) in [5.41, 5.74) is 3.07. The molecule has 1 unspecified atom stereocenters. The Bertz CT molecular complexity index is 498. The Morgan fingerprint density at radius 3 is 2.70 bits per heavy atom. The summed E-state index contributed by atoms with van der Waals surface area (Å²) in [4.78, 5) is 10.7. The maximum atomic E-state index is 10.7. The van der Waals surface area contributed by atoms with Gasteiger partial charge in [0, 0.05) is 17.9 Å². The van der Waals surface area contributed by atoms with Crippen LogP contribution in [0, 0.1) is 17.3 Å². The molecule has 0 aromatic heterocycles. The van der Waals surface area contributed by atoms with E-state index in [1.807, 2.05) is 13.8 Å². The van der Waals surface area contributed by atoms with Gasteiger partial charge in [0.25, 0.3) is 0 Å². The molecule has 110 valence electrons. The highest BCUT2D eigenvalue weighted by atomic mass is 16.5. The summed E-state index contributed by atoms with van der Waals surface area (Å²) in [6.07, 6.45) is 2.97. The van der Waals surface area contributed by atoms with Gasteiger partial charge in [0.15, 0.2) is 0 Å². The van der Waals surface area contributed by atoms with Crippen molar-refractivity contribution in [2.24, 2.45) is 5.41 Å². The van der Waals surface area contributed by atoms with Gasteiger partial charge in [-0.05, 0) is 38.3 Å². The van der Waals surface area contributed by atoms with E-state index in [4.69, 9.17) is 4.74 Å². The first kappa shape index (κ1) is 16.5. The maximum Gasteiger partial charge on any atom is 0.302 e. The summed E-state index contributed by atoms with van der Waals surface area (Å²) in [6, 6.07) is 0. The van der Waals surface area contributed by atoms with E-state index in [1.165, 1.54) is 6.92 Å². The topological polar surface area (TPSA) is 46.5 Å². The molecule has 1 rings (SSSR count). The third-order valence-electron chi connectivity index (χ3n) is 3.45. The average molecular weight is 276 g/mol. The maximum absolute atomic E-state index is 10.7. The van der Waals surface area contributed by atoms with Crippen molar-refractivity contribution >= 4 is 5.97 Å². The lowest BCUT2D eigenvalue weighted by Crippen LogP contribution is -2.28. The average Bonchev–Trinajstić information content (AvgIpc) is 2.25. The Balaban J connectivity index is 2.84. The van der Waals surface area contributed by atoms with Crippen molar-refractivity contribution in [2.45, 2.75) is 53.6 Å². The zero-order chi connectivity index (χ0) is 15.3. The van der Waals surface area contributed by atoms with Gasteiger partial charge in [0.05, 0.1) is 6.10 Å². The van der Waals surface area contributed by atoms with Crippen molar-refractivity contribution in [1.29, 1.82) is 0 Å². The molecule has 0 fully saturated rings. The van der Waals surface area contributed by atoms with Crippen molar-refractivity contribution in [3.63, 3.8) is 0 Å². The van der Waals surface area contributed by atoms with Gasteiger partial charge in [-0.2, -0.15) is 0 Å². The van der Waals surface area contributed by atoms with Gasteiger partial charge < -0.3 is 9.84 Å². The number of aliphatic hydroxyl groups is 1. The molecule has 0 bridgehead atoms. The van der Waals surface area contributed by atoms with Gasteiger partial charge >= 0.3 is 5.97 Å². The lowest BCUT2D eigenvalue weighted by Gasteiger charge is -2.34. The van der Waals surface area contributed by atoms with Crippen molar-refractivity contribution in [2.75, 3.05) is 6.61 Å². The van der Waals surface area contributed by atoms with E-state index in [1.54, 1.807) is 6.08 Å². The molecular weight excluding hydrogens is 252 g/mol. The van der Waals surface area contributed by atoms with Crippen LogP contribution >= 0.6 is 0 Å². The smallest absolute Gasteiger partial charge is 0.302 e. The Hall–Kier alpha value is -1.53. The first-order valence-electron chi connectivity index (χ1n) is 6.93. The predicted molar refractivity (Wildman–Crippen MR) is 79.9 cm³/mol. The normalized spacial score (nSPS) is 22.1. The lowest BCUT2D eigenvalue weighted by atomic mass is 9.72. The Morgan fingerprint density at radius 2 is 2.15 bits per heavy atom. The molecule has 3 nitrogen and oxygen atoms in total. The van der Waals surface area contributed by atoms with E-state index < -0.39 is 0 Å². The first-order valence-corrected chi connectivity index (χ1v) is 6.93. The predicted octanol–water partition coefficient (Wildman–Crippen LogP) is 3.00. The molecule has 0 radical (unpaired) electrons. The summed E-state index contributed by atoms with van der Waals surface area (Å²) < 4.78 is 4.85. The second-order valence-corrected chi connectivity index (χ2v) is 6.04. The highest BCUT2D eigenvalue weighted by molar-refractivity contribution is 5.66. The summed E-state index contributed by atoms with van der Waals surface area (Å²) in [6.45, 7) is 9.81. The molecule has 1 atom stereocenters. The van der Waals surface area contributed by atoms with E-state index in [9.17, 15) is 9.90 Å². The molecule has 1 aliphatic rings. The third-order valence-corrected chi connectivity index (χ3v) is 3.45. The van der Waals surface area contributed by atoms with Gasteiger partial charge in [-0.1, -0.05) is 31.3 Å².